The Hall–Kier alpha value is -1.00. The molecule has 0 fully saturated rings. The standard InChI is InChI=1S/C10H16N2O5S2/c1-8(13)7-12-19(16,17)10-5-3-9(4-6-10)18(14,15)11-2/h3-6,8,11-13H,7H2,1-2H3/t8-/m0/s1. The lowest BCUT2D eigenvalue weighted by molar-refractivity contribution is 0.198. The highest BCUT2D eigenvalue weighted by Crippen LogP contribution is 2.13. The van der Waals surface area contributed by atoms with E-state index < -0.39 is 26.2 Å². The first-order chi connectivity index (χ1) is 8.69. The summed E-state index contributed by atoms with van der Waals surface area (Å²) < 4.78 is 50.8. The Balaban J connectivity index is 2.99. The fourth-order valence-electron chi connectivity index (χ4n) is 1.23. The normalized spacial score (nSPS) is 14.3. The van der Waals surface area contributed by atoms with Gasteiger partial charge in [-0.1, -0.05) is 0 Å². The van der Waals surface area contributed by atoms with E-state index in [-0.39, 0.29) is 16.3 Å². The highest BCUT2D eigenvalue weighted by Gasteiger charge is 2.17. The molecule has 0 amide bonds. The zero-order valence-corrected chi connectivity index (χ0v) is 12.1. The molecule has 0 radical (unpaired) electrons. The van der Waals surface area contributed by atoms with Crippen LogP contribution < -0.4 is 9.44 Å². The summed E-state index contributed by atoms with van der Waals surface area (Å²) in [6, 6.07) is 4.77. The molecule has 1 rings (SSSR count). The molecule has 1 atom stereocenters. The molecule has 0 unspecified atom stereocenters. The fraction of sp³-hybridized carbons (Fsp3) is 0.400. The summed E-state index contributed by atoms with van der Waals surface area (Å²) >= 11 is 0. The molecule has 0 aromatic heterocycles. The second kappa shape index (κ2) is 5.97. The third-order valence-electron chi connectivity index (χ3n) is 2.28. The summed E-state index contributed by atoms with van der Waals surface area (Å²) in [7, 11) is -6.07. The Morgan fingerprint density at radius 3 is 1.84 bits per heavy atom. The molecule has 0 heterocycles. The van der Waals surface area contributed by atoms with Gasteiger partial charge in [-0.25, -0.2) is 26.3 Å². The molecule has 1 aromatic carbocycles. The summed E-state index contributed by atoms with van der Waals surface area (Å²) in [6.45, 7) is 1.34. The second-order valence-electron chi connectivity index (χ2n) is 3.88. The van der Waals surface area contributed by atoms with Crippen molar-refractivity contribution in [2.45, 2.75) is 22.8 Å². The first-order valence-corrected chi connectivity index (χ1v) is 8.37. The molecule has 1 aromatic rings. The van der Waals surface area contributed by atoms with Gasteiger partial charge < -0.3 is 5.11 Å². The van der Waals surface area contributed by atoms with Crippen molar-refractivity contribution in [3.05, 3.63) is 24.3 Å². The van der Waals surface area contributed by atoms with Gasteiger partial charge in [0.2, 0.25) is 20.0 Å². The third-order valence-corrected chi connectivity index (χ3v) is 5.15. The number of sulfonamides is 2. The van der Waals surface area contributed by atoms with E-state index in [1.54, 1.807) is 0 Å². The molecule has 0 saturated heterocycles. The predicted molar refractivity (Wildman–Crippen MR) is 69.6 cm³/mol. The van der Waals surface area contributed by atoms with Gasteiger partial charge in [0.1, 0.15) is 0 Å². The molecular formula is C10H16N2O5S2. The van der Waals surface area contributed by atoms with Crippen LogP contribution in [0.1, 0.15) is 6.92 Å². The van der Waals surface area contributed by atoms with Crippen LogP contribution >= 0.6 is 0 Å². The number of benzene rings is 1. The van der Waals surface area contributed by atoms with Crippen LogP contribution in [-0.2, 0) is 20.0 Å². The van der Waals surface area contributed by atoms with Gasteiger partial charge in [0, 0.05) is 6.54 Å². The number of aliphatic hydroxyl groups is 1. The molecule has 108 valence electrons. The van der Waals surface area contributed by atoms with E-state index in [9.17, 15) is 16.8 Å². The van der Waals surface area contributed by atoms with Crippen LogP contribution in [0.15, 0.2) is 34.1 Å². The fourth-order valence-corrected chi connectivity index (χ4v) is 3.08. The smallest absolute Gasteiger partial charge is 0.240 e. The highest BCUT2D eigenvalue weighted by atomic mass is 32.2. The second-order valence-corrected chi connectivity index (χ2v) is 7.53. The van der Waals surface area contributed by atoms with Crippen LogP contribution in [0, 0.1) is 0 Å². The molecule has 19 heavy (non-hydrogen) atoms. The minimum Gasteiger partial charge on any atom is -0.392 e. The van der Waals surface area contributed by atoms with Gasteiger partial charge in [-0.05, 0) is 38.2 Å². The molecule has 0 saturated carbocycles. The van der Waals surface area contributed by atoms with E-state index in [0.717, 1.165) is 0 Å². The first-order valence-electron chi connectivity index (χ1n) is 5.40. The molecule has 0 aliphatic rings. The molecule has 0 aliphatic heterocycles. The van der Waals surface area contributed by atoms with Crippen LogP contribution in [0.2, 0.25) is 0 Å². The summed E-state index contributed by atoms with van der Waals surface area (Å²) in [6.07, 6.45) is -0.807. The van der Waals surface area contributed by atoms with Crippen molar-refractivity contribution >= 4 is 20.0 Å². The maximum atomic E-state index is 11.8. The van der Waals surface area contributed by atoms with Gasteiger partial charge in [-0.2, -0.15) is 0 Å². The minimum absolute atomic E-state index is 0.0236. The number of aliphatic hydroxyl groups excluding tert-OH is 1. The lowest BCUT2D eigenvalue weighted by Crippen LogP contribution is -2.30. The largest absolute Gasteiger partial charge is 0.392 e. The van der Waals surface area contributed by atoms with E-state index in [1.807, 2.05) is 0 Å². The van der Waals surface area contributed by atoms with E-state index in [0.29, 0.717) is 0 Å². The van der Waals surface area contributed by atoms with Crippen LogP contribution in [0.25, 0.3) is 0 Å². The van der Waals surface area contributed by atoms with Crippen molar-refractivity contribution in [2.75, 3.05) is 13.6 Å². The maximum Gasteiger partial charge on any atom is 0.240 e. The van der Waals surface area contributed by atoms with Crippen molar-refractivity contribution in [1.29, 1.82) is 0 Å². The average molecular weight is 308 g/mol. The number of nitrogens with one attached hydrogen (secondary N) is 2. The number of rotatable bonds is 6. The van der Waals surface area contributed by atoms with Crippen molar-refractivity contribution < 1.29 is 21.9 Å². The number of hydrogen-bond donors (Lipinski definition) is 3. The molecule has 0 spiro atoms. The Morgan fingerprint density at radius 1 is 1.05 bits per heavy atom. The molecule has 0 aliphatic carbocycles. The molecular weight excluding hydrogens is 292 g/mol. The zero-order valence-electron chi connectivity index (χ0n) is 10.5. The Morgan fingerprint density at radius 2 is 1.47 bits per heavy atom. The Bertz CT molecular complexity index is 620. The van der Waals surface area contributed by atoms with Crippen molar-refractivity contribution in [2.24, 2.45) is 0 Å². The third kappa shape index (κ3) is 4.25. The van der Waals surface area contributed by atoms with Crippen LogP contribution in [0.5, 0.6) is 0 Å². The zero-order chi connectivity index (χ0) is 14.7. The summed E-state index contributed by atoms with van der Waals surface area (Å²) in [5.74, 6) is 0. The van der Waals surface area contributed by atoms with Gasteiger partial charge in [-0.3, -0.25) is 0 Å². The quantitative estimate of drug-likeness (QED) is 0.640. The van der Waals surface area contributed by atoms with Crippen LogP contribution in [0.3, 0.4) is 0 Å². The topological polar surface area (TPSA) is 113 Å². The van der Waals surface area contributed by atoms with Gasteiger partial charge in [0.15, 0.2) is 0 Å². The van der Waals surface area contributed by atoms with Crippen molar-refractivity contribution in [1.82, 2.24) is 9.44 Å². The van der Waals surface area contributed by atoms with E-state index in [1.165, 1.54) is 38.2 Å². The van der Waals surface area contributed by atoms with E-state index in [4.69, 9.17) is 5.11 Å². The van der Waals surface area contributed by atoms with Gasteiger partial charge >= 0.3 is 0 Å². The van der Waals surface area contributed by atoms with Crippen molar-refractivity contribution in [3.8, 4) is 0 Å². The van der Waals surface area contributed by atoms with E-state index >= 15 is 0 Å². The molecule has 9 heteroatoms. The lowest BCUT2D eigenvalue weighted by Gasteiger charge is -2.09. The first kappa shape index (κ1) is 16.1. The van der Waals surface area contributed by atoms with Crippen molar-refractivity contribution in [3.63, 3.8) is 0 Å². The molecule has 0 bridgehead atoms. The summed E-state index contributed by atoms with van der Waals surface area (Å²) in [5.41, 5.74) is 0. The van der Waals surface area contributed by atoms with E-state index in [2.05, 4.69) is 9.44 Å². The lowest BCUT2D eigenvalue weighted by atomic mass is 10.4. The maximum absolute atomic E-state index is 11.8. The Labute approximate surface area is 112 Å². The monoisotopic (exact) mass is 308 g/mol. The molecule has 3 N–H and O–H groups in total. The Kier molecular flexibility index (Phi) is 5.04. The highest BCUT2D eigenvalue weighted by molar-refractivity contribution is 7.90. The SMILES string of the molecule is CNS(=O)(=O)c1ccc(S(=O)(=O)NC[C@H](C)O)cc1. The minimum atomic E-state index is -3.75. The predicted octanol–water partition coefficient (Wildman–Crippen LogP) is -0.746. The molecule has 7 nitrogen and oxygen atoms in total. The average Bonchev–Trinajstić information content (AvgIpc) is 2.37. The van der Waals surface area contributed by atoms with Gasteiger partial charge in [0.05, 0.1) is 15.9 Å². The van der Waals surface area contributed by atoms with Gasteiger partial charge in [-0.15, -0.1) is 0 Å². The summed E-state index contributed by atoms with van der Waals surface area (Å²) in [5, 5.41) is 9.03. The number of hydrogen-bond acceptors (Lipinski definition) is 5. The van der Waals surface area contributed by atoms with Gasteiger partial charge in [0.25, 0.3) is 0 Å². The van der Waals surface area contributed by atoms with Crippen LogP contribution in [-0.4, -0.2) is 41.6 Å². The van der Waals surface area contributed by atoms with Crippen LogP contribution in [0.4, 0.5) is 0 Å². The summed E-state index contributed by atoms with van der Waals surface area (Å²) in [4.78, 5) is -0.0901.